The van der Waals surface area contributed by atoms with E-state index in [1.165, 1.54) is 37.4 Å². The van der Waals surface area contributed by atoms with Gasteiger partial charge in [-0.25, -0.2) is 0 Å². The van der Waals surface area contributed by atoms with Gasteiger partial charge in [0.15, 0.2) is 5.96 Å². The first-order valence-electron chi connectivity index (χ1n) is 9.31. The van der Waals surface area contributed by atoms with Gasteiger partial charge in [0.1, 0.15) is 0 Å². The van der Waals surface area contributed by atoms with Crippen LogP contribution in [0.4, 0.5) is 5.00 Å². The Morgan fingerprint density at radius 1 is 1.20 bits per heavy atom. The molecule has 25 heavy (non-hydrogen) atoms. The number of halogens is 1. The number of piperazine rings is 1. The lowest BCUT2D eigenvalue weighted by Crippen LogP contribution is -2.53. The Morgan fingerprint density at radius 2 is 2.00 bits per heavy atom. The van der Waals surface area contributed by atoms with Crippen LogP contribution in [-0.4, -0.2) is 74.7 Å². The molecule has 0 amide bonds. The molecular weight excluding hydrogens is 445 g/mol. The van der Waals surface area contributed by atoms with Crippen LogP contribution in [0, 0.1) is 5.92 Å². The first kappa shape index (κ1) is 19.2. The van der Waals surface area contributed by atoms with Crippen LogP contribution >= 0.6 is 35.3 Å². The van der Waals surface area contributed by atoms with Crippen molar-refractivity contribution in [3.8, 4) is 0 Å². The van der Waals surface area contributed by atoms with Crippen LogP contribution in [0.5, 0.6) is 0 Å². The lowest BCUT2D eigenvalue weighted by Gasteiger charge is -2.37. The molecule has 0 radical (unpaired) electrons. The van der Waals surface area contributed by atoms with Crippen LogP contribution in [0.1, 0.15) is 19.3 Å². The van der Waals surface area contributed by atoms with E-state index in [1.54, 1.807) is 0 Å². The van der Waals surface area contributed by atoms with Crippen molar-refractivity contribution >= 4 is 46.3 Å². The van der Waals surface area contributed by atoms with Crippen LogP contribution in [0.2, 0.25) is 0 Å². The van der Waals surface area contributed by atoms with Gasteiger partial charge in [0.2, 0.25) is 0 Å². The monoisotopic (exact) mass is 475 g/mol. The molecule has 1 aliphatic carbocycles. The van der Waals surface area contributed by atoms with Gasteiger partial charge < -0.3 is 20.0 Å². The summed E-state index contributed by atoms with van der Waals surface area (Å²) in [5.41, 5.74) is 0. The fourth-order valence-electron chi connectivity index (χ4n) is 3.96. The molecule has 2 aliphatic heterocycles. The van der Waals surface area contributed by atoms with Gasteiger partial charge in [0, 0.05) is 52.4 Å². The van der Waals surface area contributed by atoms with Crippen LogP contribution in [0.25, 0.3) is 0 Å². The van der Waals surface area contributed by atoms with Gasteiger partial charge in [-0.1, -0.05) is 0 Å². The lowest BCUT2D eigenvalue weighted by molar-refractivity contribution is 0.312. The fourth-order valence-corrected chi connectivity index (χ4v) is 4.74. The van der Waals surface area contributed by atoms with Gasteiger partial charge in [-0.3, -0.25) is 4.99 Å². The maximum atomic E-state index is 4.53. The molecule has 1 N–H and O–H groups in total. The highest BCUT2D eigenvalue weighted by Gasteiger charge is 2.34. The summed E-state index contributed by atoms with van der Waals surface area (Å²) in [7, 11) is 1.92. The first-order chi connectivity index (χ1) is 11.8. The molecule has 1 aromatic rings. The third-order valence-corrected chi connectivity index (χ3v) is 6.47. The second-order valence-electron chi connectivity index (χ2n) is 7.23. The summed E-state index contributed by atoms with van der Waals surface area (Å²) >= 11 is 1.84. The fraction of sp³-hybridized carbons (Fsp3) is 0.722. The van der Waals surface area contributed by atoms with Crippen molar-refractivity contribution < 1.29 is 0 Å². The van der Waals surface area contributed by atoms with Crippen molar-refractivity contribution in [3.05, 3.63) is 17.5 Å². The van der Waals surface area contributed by atoms with Crippen molar-refractivity contribution in [2.24, 2.45) is 10.9 Å². The third-order valence-electron chi connectivity index (χ3n) is 5.54. The summed E-state index contributed by atoms with van der Waals surface area (Å²) in [4.78, 5) is 12.1. The van der Waals surface area contributed by atoms with E-state index in [4.69, 9.17) is 0 Å². The number of nitrogens with zero attached hydrogens (tertiary/aromatic N) is 4. The molecule has 1 aromatic heterocycles. The molecule has 0 aromatic carbocycles. The van der Waals surface area contributed by atoms with Crippen LogP contribution in [-0.2, 0) is 0 Å². The molecule has 4 rings (SSSR count). The number of rotatable bonds is 4. The van der Waals surface area contributed by atoms with Gasteiger partial charge in [0.05, 0.1) is 5.00 Å². The van der Waals surface area contributed by atoms with Crippen LogP contribution in [0.3, 0.4) is 0 Å². The molecule has 1 atom stereocenters. The van der Waals surface area contributed by atoms with E-state index in [1.807, 2.05) is 18.4 Å². The summed E-state index contributed by atoms with van der Waals surface area (Å²) in [6.07, 6.45) is 4.19. The number of nitrogens with one attached hydrogen (secondary N) is 1. The quantitative estimate of drug-likeness (QED) is 0.413. The molecule has 1 saturated carbocycles. The van der Waals surface area contributed by atoms with Crippen molar-refractivity contribution in [1.29, 1.82) is 0 Å². The smallest absolute Gasteiger partial charge is 0.193 e. The zero-order chi connectivity index (χ0) is 16.4. The van der Waals surface area contributed by atoms with E-state index in [0.717, 1.165) is 50.6 Å². The SMILES string of the molecule is CN=C(NCC1CCN(C2CC2)C1)N1CCN(c2cccs2)CC1.I. The number of hydrogen-bond donors (Lipinski definition) is 1. The molecule has 0 spiro atoms. The zero-order valence-electron chi connectivity index (χ0n) is 15.1. The number of likely N-dealkylation sites (tertiary alicyclic amines) is 1. The second kappa shape index (κ2) is 8.90. The van der Waals surface area contributed by atoms with E-state index in [0.29, 0.717) is 0 Å². The van der Waals surface area contributed by atoms with E-state index in [-0.39, 0.29) is 24.0 Å². The normalized spacial score (nSPS) is 25.2. The molecule has 3 fully saturated rings. The number of guanidine groups is 1. The number of aliphatic imine (C=N–C) groups is 1. The minimum atomic E-state index is 0. The summed E-state index contributed by atoms with van der Waals surface area (Å²) in [5, 5.41) is 7.20. The zero-order valence-corrected chi connectivity index (χ0v) is 18.2. The van der Waals surface area contributed by atoms with Crippen LogP contribution in [0.15, 0.2) is 22.5 Å². The van der Waals surface area contributed by atoms with Gasteiger partial charge >= 0.3 is 0 Å². The van der Waals surface area contributed by atoms with E-state index in [9.17, 15) is 0 Å². The molecular formula is C18H30IN5S. The van der Waals surface area contributed by atoms with Crippen molar-refractivity contribution in [3.63, 3.8) is 0 Å². The third kappa shape index (κ3) is 4.80. The predicted molar refractivity (Wildman–Crippen MR) is 118 cm³/mol. The molecule has 3 heterocycles. The Bertz CT molecular complexity index is 552. The molecule has 0 bridgehead atoms. The molecule has 3 aliphatic rings. The molecule has 5 nitrogen and oxygen atoms in total. The summed E-state index contributed by atoms with van der Waals surface area (Å²) in [5.74, 6) is 1.88. The van der Waals surface area contributed by atoms with Crippen molar-refractivity contribution in [2.45, 2.75) is 25.3 Å². The van der Waals surface area contributed by atoms with E-state index in [2.05, 4.69) is 42.5 Å². The minimum Gasteiger partial charge on any atom is -0.360 e. The molecule has 7 heteroatoms. The van der Waals surface area contributed by atoms with E-state index < -0.39 is 0 Å². The minimum absolute atomic E-state index is 0. The van der Waals surface area contributed by atoms with E-state index >= 15 is 0 Å². The second-order valence-corrected chi connectivity index (χ2v) is 8.16. The molecule has 2 saturated heterocycles. The highest BCUT2D eigenvalue weighted by molar-refractivity contribution is 14.0. The Labute approximate surface area is 172 Å². The predicted octanol–water partition coefficient (Wildman–Crippen LogP) is 2.55. The maximum absolute atomic E-state index is 4.53. The highest BCUT2D eigenvalue weighted by atomic mass is 127. The summed E-state index contributed by atoms with van der Waals surface area (Å²) < 4.78 is 0. The highest BCUT2D eigenvalue weighted by Crippen LogP contribution is 2.31. The van der Waals surface area contributed by atoms with Crippen molar-refractivity contribution in [2.75, 3.05) is 57.8 Å². The summed E-state index contributed by atoms with van der Waals surface area (Å²) in [6, 6.07) is 5.28. The molecule has 1 unspecified atom stereocenters. The Kier molecular flexibility index (Phi) is 6.85. The van der Waals surface area contributed by atoms with Gasteiger partial charge in [-0.2, -0.15) is 0 Å². The van der Waals surface area contributed by atoms with Gasteiger partial charge in [-0.05, 0) is 49.2 Å². The number of thiophene rings is 1. The average Bonchev–Trinajstić information content (AvgIpc) is 3.13. The topological polar surface area (TPSA) is 34.1 Å². The first-order valence-corrected chi connectivity index (χ1v) is 10.2. The Hall–Kier alpha value is -0.540. The Balaban J connectivity index is 0.00000182. The molecule has 140 valence electrons. The van der Waals surface area contributed by atoms with Gasteiger partial charge in [-0.15, -0.1) is 35.3 Å². The van der Waals surface area contributed by atoms with Crippen LogP contribution < -0.4 is 10.2 Å². The largest absolute Gasteiger partial charge is 0.360 e. The lowest BCUT2D eigenvalue weighted by atomic mass is 10.1. The average molecular weight is 475 g/mol. The standard InChI is InChI=1S/C18H29N5S.HI/c1-19-18(20-13-15-6-7-23(14-15)16-4-5-16)22-10-8-21(9-11-22)17-3-2-12-24-17;/h2-3,12,15-16H,4-11,13-14H2,1H3,(H,19,20);1H. The Morgan fingerprint density at radius 3 is 2.64 bits per heavy atom. The maximum Gasteiger partial charge on any atom is 0.193 e. The number of anilines is 1. The number of hydrogen-bond acceptors (Lipinski definition) is 4. The van der Waals surface area contributed by atoms with Gasteiger partial charge in [0.25, 0.3) is 0 Å². The summed E-state index contributed by atoms with van der Waals surface area (Å²) in [6.45, 7) is 7.92. The van der Waals surface area contributed by atoms with Crippen molar-refractivity contribution in [1.82, 2.24) is 15.1 Å².